The van der Waals surface area contributed by atoms with Crippen LogP contribution >= 0.6 is 22.9 Å². The van der Waals surface area contributed by atoms with Crippen molar-refractivity contribution in [2.24, 2.45) is 0 Å². The predicted molar refractivity (Wildman–Crippen MR) is 96.3 cm³/mol. The molecule has 1 unspecified atom stereocenters. The van der Waals surface area contributed by atoms with Gasteiger partial charge < -0.3 is 19.8 Å². The highest BCUT2D eigenvalue weighted by atomic mass is 35.5. The first kappa shape index (κ1) is 16.8. The molecule has 2 N–H and O–H groups in total. The molecule has 7 heteroatoms. The molecule has 1 aromatic carbocycles. The van der Waals surface area contributed by atoms with Crippen molar-refractivity contribution in [2.45, 2.75) is 6.10 Å². The van der Waals surface area contributed by atoms with Crippen LogP contribution in [0, 0.1) is 0 Å². The van der Waals surface area contributed by atoms with Crippen LogP contribution in [0.25, 0.3) is 10.9 Å². The molecule has 24 heavy (non-hydrogen) atoms. The zero-order chi connectivity index (χ0) is 17.1. The van der Waals surface area contributed by atoms with Gasteiger partial charge in [0.05, 0.1) is 11.4 Å². The molecular weight excluding hydrogens is 348 g/mol. The molecule has 0 radical (unpaired) electrons. The Morgan fingerprint density at radius 3 is 2.79 bits per heavy atom. The Hall–Kier alpha value is -2.02. The SMILES string of the molecule is COc1ccc2cc(C(=O)NCC(OC)c3ccc(Cl)s3)[nH]c2c1. The maximum Gasteiger partial charge on any atom is 0.267 e. The van der Waals surface area contributed by atoms with Crippen molar-refractivity contribution >= 4 is 39.7 Å². The van der Waals surface area contributed by atoms with Gasteiger partial charge in [-0.1, -0.05) is 11.6 Å². The summed E-state index contributed by atoms with van der Waals surface area (Å²) in [7, 11) is 3.22. The molecule has 3 rings (SSSR count). The highest BCUT2D eigenvalue weighted by Gasteiger charge is 2.16. The van der Waals surface area contributed by atoms with Crippen LogP contribution in [0.1, 0.15) is 21.5 Å². The fourth-order valence-corrected chi connectivity index (χ4v) is 3.58. The quantitative estimate of drug-likeness (QED) is 0.694. The summed E-state index contributed by atoms with van der Waals surface area (Å²) in [6, 6.07) is 11.2. The number of carbonyl (C=O) groups excluding carboxylic acids is 1. The number of aromatic nitrogens is 1. The van der Waals surface area contributed by atoms with Crippen LogP contribution in [0.5, 0.6) is 5.75 Å². The molecular formula is C17H17ClN2O3S. The van der Waals surface area contributed by atoms with Gasteiger partial charge in [0.1, 0.15) is 17.5 Å². The fourth-order valence-electron chi connectivity index (χ4n) is 2.44. The summed E-state index contributed by atoms with van der Waals surface area (Å²) in [6.45, 7) is 0.366. The van der Waals surface area contributed by atoms with Gasteiger partial charge in [0.25, 0.3) is 5.91 Å². The first-order valence-electron chi connectivity index (χ1n) is 7.33. The third kappa shape index (κ3) is 3.56. The van der Waals surface area contributed by atoms with E-state index in [1.165, 1.54) is 11.3 Å². The van der Waals surface area contributed by atoms with Crippen LogP contribution in [-0.2, 0) is 4.74 Å². The first-order valence-corrected chi connectivity index (χ1v) is 8.53. The second-order valence-electron chi connectivity index (χ2n) is 5.21. The molecule has 2 aromatic heterocycles. The minimum absolute atomic E-state index is 0.185. The minimum Gasteiger partial charge on any atom is -0.497 e. The lowest BCUT2D eigenvalue weighted by Crippen LogP contribution is -2.29. The average Bonchev–Trinajstić information content (AvgIpc) is 3.20. The van der Waals surface area contributed by atoms with E-state index >= 15 is 0 Å². The molecule has 1 amide bonds. The fraction of sp³-hybridized carbons (Fsp3) is 0.235. The predicted octanol–water partition coefficient (Wildman–Crippen LogP) is 4.01. The van der Waals surface area contributed by atoms with E-state index in [0.29, 0.717) is 16.6 Å². The van der Waals surface area contributed by atoms with E-state index in [2.05, 4.69) is 10.3 Å². The second-order valence-corrected chi connectivity index (χ2v) is 6.96. The Bertz CT molecular complexity index is 859. The molecule has 0 spiro atoms. The lowest BCUT2D eigenvalue weighted by Gasteiger charge is -2.14. The van der Waals surface area contributed by atoms with Crippen molar-refractivity contribution in [3.05, 3.63) is 51.3 Å². The number of nitrogens with one attached hydrogen (secondary N) is 2. The topological polar surface area (TPSA) is 63.4 Å². The standard InChI is InChI=1S/C17H17ClN2O3S/c1-22-11-4-3-10-7-13(20-12(10)8-11)17(21)19-9-14(23-2)15-5-6-16(18)24-15/h3-8,14,20H,9H2,1-2H3,(H,19,21). The van der Waals surface area contributed by atoms with Crippen molar-refractivity contribution in [3.63, 3.8) is 0 Å². The minimum atomic E-state index is -0.226. The zero-order valence-electron chi connectivity index (χ0n) is 13.3. The Morgan fingerprint density at radius 2 is 2.12 bits per heavy atom. The lowest BCUT2D eigenvalue weighted by atomic mass is 10.2. The number of methoxy groups -OCH3 is 2. The zero-order valence-corrected chi connectivity index (χ0v) is 14.8. The van der Waals surface area contributed by atoms with Crippen molar-refractivity contribution in [1.29, 1.82) is 0 Å². The van der Waals surface area contributed by atoms with E-state index in [-0.39, 0.29) is 12.0 Å². The third-order valence-corrected chi connectivity index (χ3v) is 5.04. The van der Waals surface area contributed by atoms with Crippen LogP contribution < -0.4 is 10.1 Å². The summed E-state index contributed by atoms with van der Waals surface area (Å²) in [4.78, 5) is 16.5. The molecule has 0 aliphatic heterocycles. The third-order valence-electron chi connectivity index (χ3n) is 3.72. The monoisotopic (exact) mass is 364 g/mol. The Kier molecular flexibility index (Phi) is 5.08. The van der Waals surface area contributed by atoms with Crippen LogP contribution in [-0.4, -0.2) is 31.7 Å². The summed E-state index contributed by atoms with van der Waals surface area (Å²) in [6.07, 6.45) is -0.226. The normalized spacial score (nSPS) is 12.3. The van der Waals surface area contributed by atoms with Gasteiger partial charge in [0.15, 0.2) is 0 Å². The largest absolute Gasteiger partial charge is 0.497 e. The molecule has 0 aliphatic rings. The second kappa shape index (κ2) is 7.25. The number of aromatic amines is 1. The number of rotatable bonds is 6. The number of ether oxygens (including phenoxy) is 2. The lowest BCUT2D eigenvalue weighted by molar-refractivity contribution is 0.0834. The number of hydrogen-bond donors (Lipinski definition) is 2. The number of hydrogen-bond acceptors (Lipinski definition) is 4. The van der Waals surface area contributed by atoms with Crippen molar-refractivity contribution < 1.29 is 14.3 Å². The van der Waals surface area contributed by atoms with Crippen LogP contribution in [0.4, 0.5) is 0 Å². The van der Waals surface area contributed by atoms with E-state index in [4.69, 9.17) is 21.1 Å². The summed E-state index contributed by atoms with van der Waals surface area (Å²) >= 11 is 7.39. The van der Waals surface area contributed by atoms with Gasteiger partial charge in [-0.25, -0.2) is 0 Å². The smallest absolute Gasteiger partial charge is 0.267 e. The number of H-pyrrole nitrogens is 1. The highest BCUT2D eigenvalue weighted by molar-refractivity contribution is 7.16. The number of fused-ring (bicyclic) bond motifs is 1. The highest BCUT2D eigenvalue weighted by Crippen LogP contribution is 2.28. The van der Waals surface area contributed by atoms with E-state index < -0.39 is 0 Å². The molecule has 0 saturated heterocycles. The van der Waals surface area contributed by atoms with Crippen LogP contribution in [0.3, 0.4) is 0 Å². The Morgan fingerprint density at radius 1 is 1.29 bits per heavy atom. The molecule has 126 valence electrons. The summed E-state index contributed by atoms with van der Waals surface area (Å²) in [5, 5.41) is 3.84. The van der Waals surface area contributed by atoms with Gasteiger partial charge in [-0.3, -0.25) is 4.79 Å². The molecule has 3 aromatic rings. The van der Waals surface area contributed by atoms with Crippen LogP contribution in [0.15, 0.2) is 36.4 Å². The molecule has 1 atom stereocenters. The Balaban J connectivity index is 1.70. The maximum atomic E-state index is 12.4. The van der Waals surface area contributed by atoms with Gasteiger partial charge in [0, 0.05) is 35.5 Å². The van der Waals surface area contributed by atoms with E-state index in [1.54, 1.807) is 14.2 Å². The molecule has 5 nitrogen and oxygen atoms in total. The number of amides is 1. The molecule has 0 bridgehead atoms. The van der Waals surface area contributed by atoms with E-state index in [9.17, 15) is 4.79 Å². The number of benzene rings is 1. The van der Waals surface area contributed by atoms with Crippen molar-refractivity contribution in [3.8, 4) is 5.75 Å². The molecule has 2 heterocycles. The summed E-state index contributed by atoms with van der Waals surface area (Å²) < 4.78 is 11.3. The van der Waals surface area contributed by atoms with Gasteiger partial charge in [0.2, 0.25) is 0 Å². The van der Waals surface area contributed by atoms with E-state index in [0.717, 1.165) is 21.5 Å². The van der Waals surface area contributed by atoms with Gasteiger partial charge in [-0.15, -0.1) is 11.3 Å². The van der Waals surface area contributed by atoms with Crippen molar-refractivity contribution in [2.75, 3.05) is 20.8 Å². The average molecular weight is 365 g/mol. The van der Waals surface area contributed by atoms with Gasteiger partial charge in [-0.2, -0.15) is 0 Å². The molecule has 0 fully saturated rings. The van der Waals surface area contributed by atoms with Gasteiger partial charge in [-0.05, 0) is 30.3 Å². The molecule has 0 saturated carbocycles. The maximum absolute atomic E-state index is 12.4. The Labute approximate surface area is 148 Å². The summed E-state index contributed by atoms with van der Waals surface area (Å²) in [5.41, 5.74) is 1.35. The first-order chi connectivity index (χ1) is 11.6. The number of thiophene rings is 1. The van der Waals surface area contributed by atoms with Crippen LogP contribution in [0.2, 0.25) is 4.34 Å². The van der Waals surface area contributed by atoms with Crippen molar-refractivity contribution in [1.82, 2.24) is 10.3 Å². The molecule has 0 aliphatic carbocycles. The number of carbonyl (C=O) groups is 1. The summed E-state index contributed by atoms with van der Waals surface area (Å²) in [5.74, 6) is 0.556. The van der Waals surface area contributed by atoms with E-state index in [1.807, 2.05) is 36.4 Å². The van der Waals surface area contributed by atoms with Gasteiger partial charge >= 0.3 is 0 Å². The number of halogens is 1.